The Morgan fingerprint density at radius 1 is 1.20 bits per heavy atom. The van der Waals surface area contributed by atoms with Crippen LogP contribution in [0.2, 0.25) is 5.02 Å². The fourth-order valence-corrected chi connectivity index (χ4v) is 3.82. The first-order valence-corrected chi connectivity index (χ1v) is 7.76. The summed E-state index contributed by atoms with van der Waals surface area (Å²) < 4.78 is 26.6. The molecule has 0 amide bonds. The van der Waals surface area contributed by atoms with E-state index in [9.17, 15) is 8.42 Å². The number of nitrogens with zero attached hydrogens (tertiary/aromatic N) is 2. The zero-order valence-electron chi connectivity index (χ0n) is 10.6. The Balaban J connectivity index is 2.28. The van der Waals surface area contributed by atoms with Crippen LogP contribution in [0, 0.1) is 6.92 Å². The lowest BCUT2D eigenvalue weighted by Gasteiger charge is -2.09. The van der Waals surface area contributed by atoms with Crippen molar-refractivity contribution in [2.45, 2.75) is 11.8 Å². The molecule has 0 fully saturated rings. The molecule has 0 bridgehead atoms. The number of pyridine rings is 1. The van der Waals surface area contributed by atoms with Gasteiger partial charge in [-0.15, -0.1) is 0 Å². The van der Waals surface area contributed by atoms with Gasteiger partial charge in [0.05, 0.1) is 9.92 Å². The van der Waals surface area contributed by atoms with Crippen LogP contribution in [0.15, 0.2) is 53.7 Å². The number of fused-ring (bicyclic) bond motifs is 1. The zero-order chi connectivity index (χ0) is 14.3. The predicted octanol–water partition coefficient (Wildman–Crippen LogP) is 3.24. The van der Waals surface area contributed by atoms with E-state index < -0.39 is 10.0 Å². The van der Waals surface area contributed by atoms with Gasteiger partial charge in [0.1, 0.15) is 0 Å². The minimum Gasteiger partial charge on any atom is -0.236 e. The first kappa shape index (κ1) is 13.1. The number of aromatic nitrogens is 2. The summed E-state index contributed by atoms with van der Waals surface area (Å²) in [5, 5.41) is 1.16. The van der Waals surface area contributed by atoms with Crippen molar-refractivity contribution >= 4 is 32.7 Å². The van der Waals surface area contributed by atoms with Gasteiger partial charge in [0, 0.05) is 17.8 Å². The first-order chi connectivity index (χ1) is 9.50. The second-order valence-corrected chi connectivity index (χ2v) is 6.67. The smallest absolute Gasteiger partial charge is 0.236 e. The van der Waals surface area contributed by atoms with E-state index in [1.807, 2.05) is 0 Å². The molecule has 3 aromatic rings. The summed E-state index contributed by atoms with van der Waals surface area (Å²) in [5.74, 6) is 0. The maximum Gasteiger partial charge on any atom is 0.269 e. The molecule has 0 saturated carbocycles. The summed E-state index contributed by atoms with van der Waals surface area (Å²) >= 11 is 5.86. The minimum atomic E-state index is -3.65. The van der Waals surface area contributed by atoms with Crippen molar-refractivity contribution in [3.63, 3.8) is 0 Å². The van der Waals surface area contributed by atoms with E-state index in [0.717, 1.165) is 0 Å². The predicted molar refractivity (Wildman–Crippen MR) is 78.5 cm³/mol. The maximum atomic E-state index is 12.7. The third-order valence-corrected chi connectivity index (χ3v) is 5.12. The van der Waals surface area contributed by atoms with E-state index in [2.05, 4.69) is 4.98 Å². The summed E-state index contributed by atoms with van der Waals surface area (Å²) in [6, 6.07) is 10.2. The quantitative estimate of drug-likeness (QED) is 0.730. The number of benzene rings is 1. The van der Waals surface area contributed by atoms with Crippen molar-refractivity contribution in [3.8, 4) is 0 Å². The Morgan fingerprint density at radius 2 is 1.95 bits per heavy atom. The van der Waals surface area contributed by atoms with Crippen molar-refractivity contribution in [3.05, 3.63) is 59.4 Å². The molecule has 0 aliphatic carbocycles. The molecule has 20 heavy (non-hydrogen) atoms. The van der Waals surface area contributed by atoms with E-state index >= 15 is 0 Å². The second-order valence-electron chi connectivity index (χ2n) is 4.45. The zero-order valence-corrected chi connectivity index (χ0v) is 12.2. The van der Waals surface area contributed by atoms with Crippen molar-refractivity contribution in [2.24, 2.45) is 0 Å². The Morgan fingerprint density at radius 3 is 2.70 bits per heavy atom. The van der Waals surface area contributed by atoms with Gasteiger partial charge in [0.25, 0.3) is 10.0 Å². The monoisotopic (exact) mass is 306 g/mol. The lowest BCUT2D eigenvalue weighted by atomic mass is 10.2. The Kier molecular flexibility index (Phi) is 3.03. The molecule has 6 heteroatoms. The van der Waals surface area contributed by atoms with E-state index in [1.165, 1.54) is 16.4 Å². The summed E-state index contributed by atoms with van der Waals surface area (Å²) in [6.45, 7) is 1.77. The Hall–Kier alpha value is -1.85. The lowest BCUT2D eigenvalue weighted by Crippen LogP contribution is -2.13. The number of hydrogen-bond acceptors (Lipinski definition) is 3. The van der Waals surface area contributed by atoms with Gasteiger partial charge in [-0.25, -0.2) is 17.4 Å². The highest BCUT2D eigenvalue weighted by Gasteiger charge is 2.21. The van der Waals surface area contributed by atoms with Crippen molar-refractivity contribution in [2.75, 3.05) is 0 Å². The molecule has 0 unspecified atom stereocenters. The van der Waals surface area contributed by atoms with Gasteiger partial charge in [-0.1, -0.05) is 29.8 Å². The summed E-state index contributed by atoms with van der Waals surface area (Å²) in [6.07, 6.45) is 2.93. The van der Waals surface area contributed by atoms with Gasteiger partial charge >= 0.3 is 0 Å². The average molecular weight is 307 g/mol. The molecule has 2 heterocycles. The van der Waals surface area contributed by atoms with Crippen LogP contribution in [0.3, 0.4) is 0 Å². The highest BCUT2D eigenvalue weighted by atomic mass is 35.5. The van der Waals surface area contributed by atoms with Crippen molar-refractivity contribution < 1.29 is 8.42 Å². The van der Waals surface area contributed by atoms with Gasteiger partial charge in [0.2, 0.25) is 0 Å². The number of halogens is 1. The SMILES string of the molecule is Cc1ccccc1S(=O)(=O)n1ccc2cc(Cl)cnc21. The van der Waals surface area contributed by atoms with Gasteiger partial charge in [-0.05, 0) is 30.7 Å². The molecule has 3 rings (SSSR count). The molecule has 0 atom stereocenters. The van der Waals surface area contributed by atoms with E-state index in [-0.39, 0.29) is 4.90 Å². The fraction of sp³-hybridized carbons (Fsp3) is 0.0714. The molecular weight excluding hydrogens is 296 g/mol. The minimum absolute atomic E-state index is 0.272. The van der Waals surface area contributed by atoms with Crippen molar-refractivity contribution in [1.29, 1.82) is 0 Å². The number of aryl methyl sites for hydroxylation is 1. The lowest BCUT2D eigenvalue weighted by molar-refractivity contribution is 0.588. The van der Waals surface area contributed by atoms with Crippen LogP contribution in [0.1, 0.15) is 5.56 Å². The fourth-order valence-electron chi connectivity index (χ4n) is 2.12. The normalized spacial score (nSPS) is 11.9. The molecule has 1 aromatic carbocycles. The molecule has 0 saturated heterocycles. The van der Waals surface area contributed by atoms with Gasteiger partial charge in [-0.3, -0.25) is 0 Å². The van der Waals surface area contributed by atoms with Crippen LogP contribution >= 0.6 is 11.6 Å². The largest absolute Gasteiger partial charge is 0.269 e. The molecule has 102 valence electrons. The molecule has 2 aromatic heterocycles. The van der Waals surface area contributed by atoms with Crippen LogP contribution in [0.25, 0.3) is 11.0 Å². The van der Waals surface area contributed by atoms with Crippen LogP contribution in [-0.4, -0.2) is 17.4 Å². The molecule has 0 aliphatic rings. The molecule has 0 N–H and O–H groups in total. The van der Waals surface area contributed by atoms with Gasteiger partial charge in [0.15, 0.2) is 5.65 Å². The third kappa shape index (κ3) is 1.99. The van der Waals surface area contributed by atoms with E-state index in [0.29, 0.717) is 21.6 Å². The van der Waals surface area contributed by atoms with E-state index in [4.69, 9.17) is 11.6 Å². The van der Waals surface area contributed by atoms with Crippen LogP contribution in [0.5, 0.6) is 0 Å². The van der Waals surface area contributed by atoms with E-state index in [1.54, 1.807) is 43.3 Å². The summed E-state index contributed by atoms with van der Waals surface area (Å²) in [5.41, 5.74) is 1.07. The van der Waals surface area contributed by atoms with Crippen LogP contribution < -0.4 is 0 Å². The highest BCUT2D eigenvalue weighted by Crippen LogP contribution is 2.24. The summed E-state index contributed by atoms with van der Waals surface area (Å²) in [4.78, 5) is 4.39. The molecular formula is C14H11ClN2O2S. The molecule has 0 radical (unpaired) electrons. The molecule has 4 nitrogen and oxygen atoms in total. The number of hydrogen-bond donors (Lipinski definition) is 0. The topological polar surface area (TPSA) is 52.0 Å². The molecule has 0 aliphatic heterocycles. The first-order valence-electron chi connectivity index (χ1n) is 5.94. The van der Waals surface area contributed by atoms with Crippen LogP contribution in [-0.2, 0) is 10.0 Å². The number of rotatable bonds is 2. The standard InChI is InChI=1S/C14H11ClN2O2S/c1-10-4-2-3-5-13(10)20(18,19)17-7-6-11-8-12(15)9-16-14(11)17/h2-9H,1H3. The Bertz CT molecular complexity index is 900. The van der Waals surface area contributed by atoms with Gasteiger partial charge < -0.3 is 0 Å². The van der Waals surface area contributed by atoms with Crippen LogP contribution in [0.4, 0.5) is 0 Å². The summed E-state index contributed by atoms with van der Waals surface area (Å²) in [7, 11) is -3.65. The third-order valence-electron chi connectivity index (χ3n) is 3.09. The molecule has 0 spiro atoms. The Labute approximate surface area is 121 Å². The highest BCUT2D eigenvalue weighted by molar-refractivity contribution is 7.90. The second kappa shape index (κ2) is 4.61. The maximum absolute atomic E-state index is 12.7. The van der Waals surface area contributed by atoms with Crippen molar-refractivity contribution in [1.82, 2.24) is 8.96 Å². The average Bonchev–Trinajstić information content (AvgIpc) is 2.82. The van der Waals surface area contributed by atoms with Gasteiger partial charge in [-0.2, -0.15) is 0 Å².